The first-order valence-corrected chi connectivity index (χ1v) is 11.9. The van der Waals surface area contributed by atoms with Crippen LogP contribution in [0.4, 0.5) is 5.69 Å². The molecule has 1 aliphatic rings. The normalized spacial score (nSPS) is 13.6. The van der Waals surface area contributed by atoms with Crippen molar-refractivity contribution < 1.29 is 4.79 Å². The highest BCUT2D eigenvalue weighted by molar-refractivity contribution is 6.07. The summed E-state index contributed by atoms with van der Waals surface area (Å²) in [5.74, 6) is 0.111. The molecule has 0 aromatic heterocycles. The van der Waals surface area contributed by atoms with Gasteiger partial charge in [0, 0.05) is 37.4 Å². The Bertz CT molecular complexity index is 1260. The van der Waals surface area contributed by atoms with Crippen LogP contribution < -0.4 is 4.90 Å². The molecule has 0 atom stereocenters. The van der Waals surface area contributed by atoms with Crippen molar-refractivity contribution in [2.24, 2.45) is 0 Å². The molecule has 4 aromatic rings. The predicted molar refractivity (Wildman–Crippen MR) is 138 cm³/mol. The molecule has 4 aromatic carbocycles. The van der Waals surface area contributed by atoms with Crippen molar-refractivity contribution in [2.45, 2.75) is 26.3 Å². The maximum Gasteiger partial charge on any atom is 0.254 e. The Morgan fingerprint density at radius 1 is 0.818 bits per heavy atom. The summed E-state index contributed by atoms with van der Waals surface area (Å²) in [6, 6.07) is 31.4. The topological polar surface area (TPSA) is 23.6 Å². The number of anilines is 1. The van der Waals surface area contributed by atoms with E-state index in [-0.39, 0.29) is 5.91 Å². The van der Waals surface area contributed by atoms with Gasteiger partial charge in [0.2, 0.25) is 0 Å². The Kier molecular flexibility index (Phi) is 6.12. The number of nitrogens with zero attached hydrogens (tertiary/aromatic N) is 2. The summed E-state index contributed by atoms with van der Waals surface area (Å²) in [7, 11) is 0. The number of hydrogen-bond acceptors (Lipinski definition) is 2. The van der Waals surface area contributed by atoms with Gasteiger partial charge in [0.25, 0.3) is 5.91 Å². The lowest BCUT2D eigenvalue weighted by Gasteiger charge is -2.25. The molecule has 166 valence electrons. The standard InChI is InChI=1S/C30H30N2O/c1-2-3-18-31-19-20-32(30(33)28-15-9-13-24-12-7-8-14-27(24)28)22-26-21-25(16-17-29(26)31)23-10-5-4-6-11-23/h4-17,21H,2-3,18-20,22H2,1H3. The number of amides is 1. The fraction of sp³-hybridized carbons (Fsp3) is 0.233. The van der Waals surface area contributed by atoms with Gasteiger partial charge in [-0.3, -0.25) is 4.79 Å². The lowest BCUT2D eigenvalue weighted by atomic mass is 10.0. The Labute approximate surface area is 196 Å². The molecule has 1 aliphatic heterocycles. The summed E-state index contributed by atoms with van der Waals surface area (Å²) in [5.41, 5.74) is 5.67. The molecule has 3 nitrogen and oxygen atoms in total. The molecule has 0 N–H and O–H groups in total. The van der Waals surface area contributed by atoms with Crippen molar-refractivity contribution in [1.29, 1.82) is 0 Å². The highest BCUT2D eigenvalue weighted by Gasteiger charge is 2.25. The van der Waals surface area contributed by atoms with Crippen LogP contribution in [0.3, 0.4) is 0 Å². The maximum absolute atomic E-state index is 13.8. The summed E-state index contributed by atoms with van der Waals surface area (Å²) >= 11 is 0. The van der Waals surface area contributed by atoms with Crippen LogP contribution in [0.2, 0.25) is 0 Å². The van der Waals surface area contributed by atoms with E-state index in [2.05, 4.69) is 72.5 Å². The first-order chi connectivity index (χ1) is 16.2. The van der Waals surface area contributed by atoms with Crippen LogP contribution in [0.25, 0.3) is 21.9 Å². The molecule has 5 rings (SSSR count). The van der Waals surface area contributed by atoms with Crippen LogP contribution >= 0.6 is 0 Å². The Balaban J connectivity index is 1.52. The van der Waals surface area contributed by atoms with Crippen LogP contribution in [0.1, 0.15) is 35.7 Å². The van der Waals surface area contributed by atoms with Crippen molar-refractivity contribution in [3.05, 3.63) is 102 Å². The maximum atomic E-state index is 13.8. The van der Waals surface area contributed by atoms with E-state index < -0.39 is 0 Å². The van der Waals surface area contributed by atoms with E-state index in [0.717, 1.165) is 48.8 Å². The quantitative estimate of drug-likeness (QED) is 0.346. The minimum absolute atomic E-state index is 0.111. The second-order valence-corrected chi connectivity index (χ2v) is 8.80. The number of fused-ring (bicyclic) bond motifs is 2. The predicted octanol–water partition coefficient (Wildman–Crippen LogP) is 6.77. The van der Waals surface area contributed by atoms with Crippen molar-refractivity contribution in [2.75, 3.05) is 24.5 Å². The van der Waals surface area contributed by atoms with Gasteiger partial charge >= 0.3 is 0 Å². The first kappa shape index (κ1) is 21.3. The van der Waals surface area contributed by atoms with E-state index >= 15 is 0 Å². The number of carbonyl (C=O) groups is 1. The smallest absolute Gasteiger partial charge is 0.254 e. The molecule has 0 radical (unpaired) electrons. The molecule has 0 fully saturated rings. The summed E-state index contributed by atoms with van der Waals surface area (Å²) in [6.45, 7) is 5.45. The molecule has 0 unspecified atom stereocenters. The van der Waals surface area contributed by atoms with Gasteiger partial charge in [-0.2, -0.15) is 0 Å². The van der Waals surface area contributed by atoms with Gasteiger partial charge in [0.05, 0.1) is 0 Å². The van der Waals surface area contributed by atoms with Gasteiger partial charge < -0.3 is 9.80 Å². The van der Waals surface area contributed by atoms with Crippen molar-refractivity contribution in [3.8, 4) is 11.1 Å². The lowest BCUT2D eigenvalue weighted by Crippen LogP contribution is -2.35. The lowest BCUT2D eigenvalue weighted by molar-refractivity contribution is 0.0753. The Morgan fingerprint density at radius 2 is 1.61 bits per heavy atom. The molecule has 0 saturated carbocycles. The summed E-state index contributed by atoms with van der Waals surface area (Å²) in [6.07, 6.45) is 2.31. The first-order valence-electron chi connectivity index (χ1n) is 11.9. The van der Waals surface area contributed by atoms with Crippen LogP contribution in [-0.4, -0.2) is 30.4 Å². The van der Waals surface area contributed by atoms with Crippen molar-refractivity contribution in [1.82, 2.24) is 4.90 Å². The molecule has 0 saturated heterocycles. The second kappa shape index (κ2) is 9.50. The number of benzene rings is 4. The third-order valence-electron chi connectivity index (χ3n) is 6.62. The molecule has 1 amide bonds. The molecule has 0 bridgehead atoms. The molecule has 0 spiro atoms. The van der Waals surface area contributed by atoms with Crippen LogP contribution in [-0.2, 0) is 6.54 Å². The highest BCUT2D eigenvalue weighted by atomic mass is 16.2. The number of hydrogen-bond donors (Lipinski definition) is 0. The van der Waals surface area contributed by atoms with Crippen LogP contribution in [0.15, 0.2) is 91.0 Å². The summed E-state index contributed by atoms with van der Waals surface area (Å²) in [5, 5.41) is 2.13. The van der Waals surface area contributed by atoms with Gasteiger partial charge in [-0.1, -0.05) is 86.1 Å². The van der Waals surface area contributed by atoms with Crippen LogP contribution in [0.5, 0.6) is 0 Å². The molecule has 3 heteroatoms. The highest BCUT2D eigenvalue weighted by Crippen LogP contribution is 2.32. The van der Waals surface area contributed by atoms with E-state index in [1.807, 2.05) is 35.2 Å². The zero-order chi connectivity index (χ0) is 22.6. The van der Waals surface area contributed by atoms with Gasteiger partial charge in [0.15, 0.2) is 0 Å². The van der Waals surface area contributed by atoms with E-state index in [0.29, 0.717) is 6.54 Å². The van der Waals surface area contributed by atoms with Gasteiger partial charge in [0.1, 0.15) is 0 Å². The van der Waals surface area contributed by atoms with Gasteiger partial charge in [-0.05, 0) is 52.1 Å². The fourth-order valence-corrected chi connectivity index (χ4v) is 4.81. The zero-order valence-electron chi connectivity index (χ0n) is 19.2. The summed E-state index contributed by atoms with van der Waals surface area (Å²) < 4.78 is 0. The zero-order valence-corrected chi connectivity index (χ0v) is 19.2. The molecule has 33 heavy (non-hydrogen) atoms. The van der Waals surface area contributed by atoms with Crippen molar-refractivity contribution in [3.63, 3.8) is 0 Å². The molecule has 0 aliphatic carbocycles. The van der Waals surface area contributed by atoms with Crippen LogP contribution in [0, 0.1) is 0 Å². The fourth-order valence-electron chi connectivity index (χ4n) is 4.81. The van der Waals surface area contributed by atoms with E-state index in [1.54, 1.807) is 0 Å². The van der Waals surface area contributed by atoms with E-state index in [9.17, 15) is 4.79 Å². The molecule has 1 heterocycles. The number of rotatable bonds is 5. The van der Waals surface area contributed by atoms with E-state index in [4.69, 9.17) is 0 Å². The molecular formula is C30H30N2O. The Morgan fingerprint density at radius 3 is 2.45 bits per heavy atom. The van der Waals surface area contributed by atoms with Crippen molar-refractivity contribution >= 4 is 22.4 Å². The minimum Gasteiger partial charge on any atom is -0.369 e. The van der Waals surface area contributed by atoms with E-state index in [1.165, 1.54) is 22.4 Å². The summed E-state index contributed by atoms with van der Waals surface area (Å²) in [4.78, 5) is 18.3. The second-order valence-electron chi connectivity index (χ2n) is 8.80. The Hall–Kier alpha value is -3.59. The number of carbonyl (C=O) groups excluding carboxylic acids is 1. The van der Waals surface area contributed by atoms with Gasteiger partial charge in [-0.15, -0.1) is 0 Å². The average Bonchev–Trinajstić information content (AvgIpc) is 3.06. The number of unbranched alkanes of at least 4 members (excludes halogenated alkanes) is 1. The molecular weight excluding hydrogens is 404 g/mol. The largest absolute Gasteiger partial charge is 0.369 e. The monoisotopic (exact) mass is 434 g/mol. The minimum atomic E-state index is 0.111. The third-order valence-corrected chi connectivity index (χ3v) is 6.62. The van der Waals surface area contributed by atoms with Gasteiger partial charge in [-0.25, -0.2) is 0 Å². The average molecular weight is 435 g/mol. The third kappa shape index (κ3) is 4.36. The SMILES string of the molecule is CCCCN1CCN(C(=O)c2cccc3ccccc23)Cc2cc(-c3ccccc3)ccc21.